The number of rotatable bonds is 4. The monoisotopic (exact) mass is 197 g/mol. The molecule has 0 bridgehead atoms. The molecule has 0 heterocycles. The molecule has 0 saturated carbocycles. The molecule has 70 valence electrons. The number of aliphatic carboxylic acids is 1. The number of aliphatic hydroxyl groups is 1. The Morgan fingerprint density at radius 1 is 1.67 bits per heavy atom. The van der Waals surface area contributed by atoms with Crippen LogP contribution in [0.1, 0.15) is 0 Å². The van der Waals surface area contributed by atoms with Crippen molar-refractivity contribution in [3.63, 3.8) is 0 Å². The molecule has 5 nitrogen and oxygen atoms in total. The van der Waals surface area contributed by atoms with Gasteiger partial charge in [0.2, 0.25) is 11.3 Å². The van der Waals surface area contributed by atoms with Gasteiger partial charge < -0.3 is 10.2 Å². The minimum atomic E-state index is -3.14. The highest BCUT2D eigenvalue weighted by molar-refractivity contribution is 7.99. The minimum absolute atomic E-state index is 0.458. The Morgan fingerprint density at radius 3 is 2.33 bits per heavy atom. The van der Waals surface area contributed by atoms with Gasteiger partial charge in [-0.1, -0.05) is 0 Å². The zero-order valence-corrected chi connectivity index (χ0v) is 6.97. The van der Waals surface area contributed by atoms with Crippen LogP contribution in [-0.4, -0.2) is 39.5 Å². The fourth-order valence-corrected chi connectivity index (χ4v) is 0.779. The number of carbonyl (C=O) groups is 2. The summed E-state index contributed by atoms with van der Waals surface area (Å²) in [5, 5.41) is 16.9. The van der Waals surface area contributed by atoms with E-state index in [1.165, 1.54) is 6.26 Å². The number of hydrogen-bond donors (Lipinski definition) is 3. The van der Waals surface area contributed by atoms with Gasteiger partial charge in [-0.25, -0.2) is 9.18 Å². The Bertz CT molecular complexity index is 208. The maximum absolute atomic E-state index is 12.5. The van der Waals surface area contributed by atoms with E-state index in [0.29, 0.717) is 11.8 Å². The first-order valence-corrected chi connectivity index (χ1v) is 4.08. The summed E-state index contributed by atoms with van der Waals surface area (Å²) in [5.41, 5.74) is -0.632. The molecule has 0 amide bonds. The van der Waals surface area contributed by atoms with Gasteiger partial charge >= 0.3 is 5.97 Å². The van der Waals surface area contributed by atoms with Gasteiger partial charge in [0.1, 0.15) is 0 Å². The molecule has 12 heavy (non-hydrogen) atoms. The summed E-state index contributed by atoms with van der Waals surface area (Å²) in [6.45, 7) is 0. The summed E-state index contributed by atoms with van der Waals surface area (Å²) < 4.78 is 12.5. The van der Waals surface area contributed by atoms with Crippen molar-refractivity contribution in [2.75, 3.05) is 6.26 Å². The first kappa shape index (κ1) is 11.3. The lowest BCUT2D eigenvalue weighted by Crippen LogP contribution is -2.57. The van der Waals surface area contributed by atoms with Crippen molar-refractivity contribution in [3.8, 4) is 0 Å². The molecule has 0 aromatic rings. The lowest BCUT2D eigenvalue weighted by atomic mass is 10.1. The van der Waals surface area contributed by atoms with E-state index in [2.05, 4.69) is 5.73 Å². The van der Waals surface area contributed by atoms with Crippen LogP contribution in [-0.2, 0) is 9.59 Å². The number of alkyl halides is 1. The Morgan fingerprint density at radius 2 is 2.08 bits per heavy atom. The van der Waals surface area contributed by atoms with E-state index >= 15 is 0 Å². The summed E-state index contributed by atoms with van der Waals surface area (Å²) in [5.74, 6) is -3.54. The molecule has 0 aliphatic carbocycles. The predicted molar refractivity (Wildman–Crippen MR) is 40.2 cm³/mol. The highest BCUT2D eigenvalue weighted by Gasteiger charge is 2.44. The normalized spacial score (nSPS) is 18.0. The number of carbonyl (C=O) groups excluding carboxylic acids is 1. The molecule has 0 spiro atoms. The molecule has 2 unspecified atom stereocenters. The van der Waals surface area contributed by atoms with Crippen molar-refractivity contribution < 1.29 is 24.2 Å². The Kier molecular flexibility index (Phi) is 3.62. The smallest absolute Gasteiger partial charge is 0.359 e. The summed E-state index contributed by atoms with van der Waals surface area (Å²) in [7, 11) is 0. The van der Waals surface area contributed by atoms with Crippen LogP contribution in [0.5, 0.6) is 0 Å². The van der Waals surface area contributed by atoms with Gasteiger partial charge in [-0.3, -0.25) is 10.5 Å². The number of carboxylic acids is 1. The van der Waals surface area contributed by atoms with Gasteiger partial charge in [0.15, 0.2) is 0 Å². The van der Waals surface area contributed by atoms with Gasteiger partial charge in [-0.2, -0.15) is 0 Å². The molecule has 0 saturated heterocycles. The Balaban J connectivity index is 4.57. The lowest BCUT2D eigenvalue weighted by molar-refractivity contribution is -0.165. The van der Waals surface area contributed by atoms with E-state index in [0.717, 1.165) is 0 Å². The van der Waals surface area contributed by atoms with E-state index in [-0.39, 0.29) is 0 Å². The Labute approximate surface area is 71.7 Å². The first-order valence-electron chi connectivity index (χ1n) is 2.79. The molecule has 0 aromatic heterocycles. The SMILES string of the molecule is CSC(F)C(=O)C(N)(O)C(=O)O. The molecule has 0 radical (unpaired) electrons. The molecule has 0 aliphatic heterocycles. The summed E-state index contributed by atoms with van der Waals surface area (Å²) in [6, 6.07) is 0. The molecule has 0 rings (SSSR count). The predicted octanol–water partition coefficient (Wildman–Crippen LogP) is -1.05. The zero-order valence-electron chi connectivity index (χ0n) is 6.15. The fourth-order valence-electron chi connectivity index (χ4n) is 0.385. The van der Waals surface area contributed by atoms with Crippen LogP contribution in [0.25, 0.3) is 0 Å². The van der Waals surface area contributed by atoms with Gasteiger partial charge in [0.05, 0.1) is 0 Å². The Hall–Kier alpha value is -0.660. The number of thioether (sulfide) groups is 1. The summed E-state index contributed by atoms with van der Waals surface area (Å²) >= 11 is 0.458. The molecular weight excluding hydrogens is 189 g/mol. The second-order valence-corrected chi connectivity index (χ2v) is 2.87. The molecule has 2 atom stereocenters. The lowest BCUT2D eigenvalue weighted by Gasteiger charge is -2.16. The maximum atomic E-state index is 12.5. The van der Waals surface area contributed by atoms with E-state index in [9.17, 15) is 14.0 Å². The third-order valence-corrected chi connectivity index (χ3v) is 1.74. The quantitative estimate of drug-likeness (QED) is 0.392. The molecule has 0 aromatic carbocycles. The highest BCUT2D eigenvalue weighted by atomic mass is 32.2. The van der Waals surface area contributed by atoms with Gasteiger partial charge in [-0.15, -0.1) is 11.8 Å². The van der Waals surface area contributed by atoms with Crippen LogP contribution < -0.4 is 5.73 Å². The number of Topliss-reactive ketones (excluding diaryl/α,β-unsaturated/α-hetero) is 1. The second kappa shape index (κ2) is 3.83. The van der Waals surface area contributed by atoms with Crippen LogP contribution in [0.4, 0.5) is 4.39 Å². The van der Waals surface area contributed by atoms with E-state index in [1.54, 1.807) is 0 Å². The van der Waals surface area contributed by atoms with Crippen LogP contribution in [0.3, 0.4) is 0 Å². The van der Waals surface area contributed by atoms with Crippen molar-refractivity contribution >= 4 is 23.5 Å². The fraction of sp³-hybridized carbons (Fsp3) is 0.600. The van der Waals surface area contributed by atoms with Crippen LogP contribution >= 0.6 is 11.8 Å². The van der Waals surface area contributed by atoms with E-state index < -0.39 is 23.0 Å². The minimum Gasteiger partial charge on any atom is -0.478 e. The highest BCUT2D eigenvalue weighted by Crippen LogP contribution is 2.14. The average Bonchev–Trinajstić information content (AvgIpc) is 2.01. The second-order valence-electron chi connectivity index (χ2n) is 1.99. The summed E-state index contributed by atoms with van der Waals surface area (Å²) in [6.07, 6.45) is 1.25. The third kappa shape index (κ3) is 2.16. The zero-order chi connectivity index (χ0) is 9.94. The topological polar surface area (TPSA) is 101 Å². The summed E-state index contributed by atoms with van der Waals surface area (Å²) in [4.78, 5) is 20.8. The number of carboxylic acid groups (broad SMARTS) is 1. The number of halogens is 1. The van der Waals surface area contributed by atoms with Crippen molar-refractivity contribution in [1.82, 2.24) is 0 Å². The largest absolute Gasteiger partial charge is 0.478 e. The molecule has 0 fully saturated rings. The van der Waals surface area contributed by atoms with Crippen molar-refractivity contribution in [3.05, 3.63) is 0 Å². The third-order valence-electron chi connectivity index (χ3n) is 1.11. The number of hydrogen-bond acceptors (Lipinski definition) is 5. The van der Waals surface area contributed by atoms with Crippen LogP contribution in [0.15, 0.2) is 0 Å². The van der Waals surface area contributed by atoms with Crippen molar-refractivity contribution in [1.29, 1.82) is 0 Å². The number of nitrogens with two attached hydrogens (primary N) is 1. The van der Waals surface area contributed by atoms with Crippen LogP contribution in [0.2, 0.25) is 0 Å². The van der Waals surface area contributed by atoms with Gasteiger partial charge in [0.25, 0.3) is 5.72 Å². The average molecular weight is 197 g/mol. The van der Waals surface area contributed by atoms with E-state index in [1.807, 2.05) is 0 Å². The molecule has 0 aliphatic rings. The first-order chi connectivity index (χ1) is 5.34. The molecule has 4 N–H and O–H groups in total. The van der Waals surface area contributed by atoms with Crippen molar-refractivity contribution in [2.24, 2.45) is 5.73 Å². The standard InChI is InChI=1S/C5H8FNO4S/c1-12-3(6)2(8)5(7,11)4(9)10/h3,11H,7H2,1H3,(H,9,10). The number of ketones is 1. The van der Waals surface area contributed by atoms with Gasteiger partial charge in [0, 0.05) is 0 Å². The molecule has 7 heteroatoms. The maximum Gasteiger partial charge on any atom is 0.359 e. The van der Waals surface area contributed by atoms with E-state index in [4.69, 9.17) is 10.2 Å². The van der Waals surface area contributed by atoms with Gasteiger partial charge in [-0.05, 0) is 6.26 Å². The van der Waals surface area contributed by atoms with Crippen LogP contribution in [0, 0.1) is 0 Å². The van der Waals surface area contributed by atoms with Crippen molar-refractivity contribution in [2.45, 2.75) is 11.2 Å². The molecular formula is C5H8FNO4S.